The number of aromatic nitrogens is 2. The van der Waals surface area contributed by atoms with Crippen molar-refractivity contribution < 1.29 is 13.2 Å². The molecule has 0 radical (unpaired) electrons. The molecule has 0 aliphatic carbocycles. The van der Waals surface area contributed by atoms with E-state index in [1.165, 1.54) is 28.8 Å². The van der Waals surface area contributed by atoms with Crippen LogP contribution in [0.25, 0.3) is 16.6 Å². The minimum absolute atomic E-state index is 0.0234. The number of anilines is 1. The van der Waals surface area contributed by atoms with Gasteiger partial charge in [-0.05, 0) is 83.1 Å². The normalized spacial score (nSPS) is 11.5. The van der Waals surface area contributed by atoms with E-state index in [-0.39, 0.29) is 22.1 Å². The predicted octanol–water partition coefficient (Wildman–Crippen LogP) is 3.93. The van der Waals surface area contributed by atoms with Crippen LogP contribution in [0.5, 0.6) is 0 Å². The standard InChI is InChI=1S/C24H21IN4O4S2/c1-2-15-5-3-4-6-20(15)27-22(30)14-34-24-28-21-12-7-16(25)13-19(21)23(31)29(24)17-8-10-18(11-9-17)35(26,32)33/h3-13H,2,14H2,1H3,(H,27,30)(H2,26,32,33). The Kier molecular flexibility index (Phi) is 7.59. The second kappa shape index (κ2) is 10.5. The van der Waals surface area contributed by atoms with Gasteiger partial charge in [-0.15, -0.1) is 0 Å². The molecule has 1 aromatic heterocycles. The Hall–Kier alpha value is -2.74. The zero-order chi connectivity index (χ0) is 25.2. The number of carbonyl (C=O) groups excluding carboxylic acids is 1. The van der Waals surface area contributed by atoms with E-state index in [1.54, 1.807) is 12.1 Å². The number of amides is 1. The number of hydrogen-bond acceptors (Lipinski definition) is 6. The number of nitrogens with one attached hydrogen (secondary N) is 1. The van der Waals surface area contributed by atoms with Crippen LogP contribution in [0.1, 0.15) is 12.5 Å². The van der Waals surface area contributed by atoms with E-state index in [2.05, 4.69) is 32.9 Å². The number of nitrogens with two attached hydrogens (primary N) is 1. The Morgan fingerprint density at radius 2 is 1.83 bits per heavy atom. The van der Waals surface area contributed by atoms with Gasteiger partial charge >= 0.3 is 0 Å². The summed E-state index contributed by atoms with van der Waals surface area (Å²) in [5.41, 5.74) is 2.37. The lowest BCUT2D eigenvalue weighted by molar-refractivity contribution is -0.113. The van der Waals surface area contributed by atoms with E-state index in [0.717, 1.165) is 33.0 Å². The Morgan fingerprint density at radius 1 is 1.11 bits per heavy atom. The highest BCUT2D eigenvalue weighted by Crippen LogP contribution is 2.24. The average Bonchev–Trinajstić information content (AvgIpc) is 2.83. The SMILES string of the molecule is CCc1ccccc1NC(=O)CSc1nc2ccc(I)cc2c(=O)n1-c1ccc(S(N)(=O)=O)cc1. The minimum atomic E-state index is -3.88. The number of halogens is 1. The second-order valence-electron chi connectivity index (χ2n) is 7.58. The van der Waals surface area contributed by atoms with Crippen molar-refractivity contribution in [2.45, 2.75) is 23.4 Å². The fraction of sp³-hybridized carbons (Fsp3) is 0.125. The van der Waals surface area contributed by atoms with Gasteiger partial charge in [0, 0.05) is 9.26 Å². The first-order valence-electron chi connectivity index (χ1n) is 10.5. The maximum Gasteiger partial charge on any atom is 0.266 e. The second-order valence-corrected chi connectivity index (χ2v) is 11.3. The summed E-state index contributed by atoms with van der Waals surface area (Å²) in [5.74, 6) is -0.209. The Labute approximate surface area is 220 Å². The number of para-hydroxylation sites is 1. The van der Waals surface area contributed by atoms with Gasteiger partial charge in [0.1, 0.15) is 0 Å². The summed E-state index contributed by atoms with van der Waals surface area (Å²) in [6.07, 6.45) is 0.780. The Morgan fingerprint density at radius 3 is 2.51 bits per heavy atom. The average molecular weight is 620 g/mol. The van der Waals surface area contributed by atoms with Gasteiger partial charge in [-0.25, -0.2) is 18.5 Å². The van der Waals surface area contributed by atoms with Gasteiger partial charge in [-0.1, -0.05) is 36.9 Å². The quantitative estimate of drug-likeness (QED) is 0.183. The van der Waals surface area contributed by atoms with Gasteiger partial charge in [-0.2, -0.15) is 0 Å². The molecule has 3 aromatic carbocycles. The van der Waals surface area contributed by atoms with Gasteiger partial charge < -0.3 is 5.32 Å². The van der Waals surface area contributed by atoms with Gasteiger partial charge in [-0.3, -0.25) is 14.2 Å². The van der Waals surface area contributed by atoms with Gasteiger partial charge in [0.25, 0.3) is 5.56 Å². The maximum atomic E-state index is 13.5. The monoisotopic (exact) mass is 620 g/mol. The third-order valence-electron chi connectivity index (χ3n) is 5.23. The summed E-state index contributed by atoms with van der Waals surface area (Å²) >= 11 is 3.24. The molecule has 4 aromatic rings. The fourth-order valence-corrected chi connectivity index (χ4v) is 5.33. The van der Waals surface area contributed by atoms with Crippen LogP contribution in [0.3, 0.4) is 0 Å². The first kappa shape index (κ1) is 25.4. The lowest BCUT2D eigenvalue weighted by Gasteiger charge is -2.14. The van der Waals surface area contributed by atoms with Crippen LogP contribution < -0.4 is 16.0 Å². The van der Waals surface area contributed by atoms with Gasteiger partial charge in [0.05, 0.1) is 27.2 Å². The number of primary sulfonamides is 1. The molecular weight excluding hydrogens is 599 g/mol. The largest absolute Gasteiger partial charge is 0.325 e. The first-order valence-corrected chi connectivity index (χ1v) is 14.1. The third-order valence-corrected chi connectivity index (χ3v) is 7.77. The Bertz CT molecular complexity index is 1590. The molecule has 0 fully saturated rings. The molecule has 0 bridgehead atoms. The number of carbonyl (C=O) groups is 1. The van der Waals surface area contributed by atoms with E-state index >= 15 is 0 Å². The minimum Gasteiger partial charge on any atom is -0.325 e. The molecular formula is C24H21IN4O4S2. The molecule has 4 rings (SSSR count). The lowest BCUT2D eigenvalue weighted by atomic mass is 10.1. The number of hydrogen-bond donors (Lipinski definition) is 2. The number of thioether (sulfide) groups is 1. The molecule has 1 heterocycles. The number of fused-ring (bicyclic) bond motifs is 1. The predicted molar refractivity (Wildman–Crippen MR) is 147 cm³/mol. The van der Waals surface area contributed by atoms with Crippen molar-refractivity contribution in [1.29, 1.82) is 0 Å². The van der Waals surface area contributed by atoms with Gasteiger partial charge in [0.2, 0.25) is 15.9 Å². The molecule has 8 nitrogen and oxygen atoms in total. The highest BCUT2D eigenvalue weighted by Gasteiger charge is 2.17. The summed E-state index contributed by atoms with van der Waals surface area (Å²) in [5, 5.41) is 8.85. The summed E-state index contributed by atoms with van der Waals surface area (Å²) in [4.78, 5) is 30.8. The molecule has 0 saturated heterocycles. The van der Waals surface area contributed by atoms with Crippen LogP contribution in [-0.2, 0) is 21.2 Å². The molecule has 0 atom stereocenters. The van der Waals surface area contributed by atoms with Crippen molar-refractivity contribution in [1.82, 2.24) is 9.55 Å². The highest BCUT2D eigenvalue weighted by atomic mass is 127. The van der Waals surface area contributed by atoms with Crippen molar-refractivity contribution in [3.63, 3.8) is 0 Å². The highest BCUT2D eigenvalue weighted by molar-refractivity contribution is 14.1. The smallest absolute Gasteiger partial charge is 0.266 e. The number of nitrogens with zero attached hydrogens (tertiary/aromatic N) is 2. The molecule has 3 N–H and O–H groups in total. The zero-order valence-corrected chi connectivity index (χ0v) is 22.4. The molecule has 0 saturated carbocycles. The van der Waals surface area contributed by atoms with E-state index in [4.69, 9.17) is 5.14 Å². The summed E-state index contributed by atoms with van der Waals surface area (Å²) in [6, 6.07) is 18.6. The molecule has 0 unspecified atom stereocenters. The molecule has 35 heavy (non-hydrogen) atoms. The molecule has 180 valence electrons. The van der Waals surface area contributed by atoms with Crippen molar-refractivity contribution in [3.8, 4) is 5.69 Å². The van der Waals surface area contributed by atoms with Crippen LogP contribution >= 0.6 is 34.4 Å². The van der Waals surface area contributed by atoms with Crippen LogP contribution in [0.4, 0.5) is 5.69 Å². The summed E-state index contributed by atoms with van der Waals surface area (Å²) in [7, 11) is -3.88. The van der Waals surface area contributed by atoms with E-state index < -0.39 is 10.0 Å². The summed E-state index contributed by atoms with van der Waals surface area (Å²) < 4.78 is 25.5. The number of rotatable bonds is 7. The van der Waals surface area contributed by atoms with Crippen molar-refractivity contribution in [3.05, 3.63) is 86.2 Å². The number of benzene rings is 3. The topological polar surface area (TPSA) is 124 Å². The fourth-order valence-electron chi connectivity index (χ4n) is 3.51. The van der Waals surface area contributed by atoms with Crippen LogP contribution in [0.2, 0.25) is 0 Å². The molecule has 0 aliphatic heterocycles. The van der Waals surface area contributed by atoms with Crippen LogP contribution in [0.15, 0.2) is 81.6 Å². The Balaban J connectivity index is 1.71. The van der Waals surface area contributed by atoms with E-state index in [0.29, 0.717) is 21.7 Å². The zero-order valence-electron chi connectivity index (χ0n) is 18.6. The van der Waals surface area contributed by atoms with Crippen molar-refractivity contribution >= 4 is 66.9 Å². The third kappa shape index (κ3) is 5.74. The maximum absolute atomic E-state index is 13.5. The van der Waals surface area contributed by atoms with E-state index in [9.17, 15) is 18.0 Å². The summed E-state index contributed by atoms with van der Waals surface area (Å²) in [6.45, 7) is 2.01. The molecule has 0 spiro atoms. The van der Waals surface area contributed by atoms with Gasteiger partial charge in [0.15, 0.2) is 5.16 Å². The molecule has 11 heteroatoms. The number of aryl methyl sites for hydroxylation is 1. The van der Waals surface area contributed by atoms with Crippen LogP contribution in [0, 0.1) is 3.57 Å². The molecule has 1 amide bonds. The van der Waals surface area contributed by atoms with E-state index in [1.807, 2.05) is 37.3 Å². The lowest BCUT2D eigenvalue weighted by Crippen LogP contribution is -2.23. The van der Waals surface area contributed by atoms with Crippen LogP contribution in [-0.4, -0.2) is 29.6 Å². The number of sulfonamides is 1. The molecule has 0 aliphatic rings. The van der Waals surface area contributed by atoms with Crippen molar-refractivity contribution in [2.24, 2.45) is 5.14 Å². The van der Waals surface area contributed by atoms with Crippen molar-refractivity contribution in [2.75, 3.05) is 11.1 Å². The first-order chi connectivity index (χ1) is 16.7.